The second-order valence-corrected chi connectivity index (χ2v) is 10.0. The standard InChI is InChI=1S/C37H27N3O/c38-36(26-10-3-1-4-11-26)40-37(27-12-5-2-6-13-27)39-24-25-18-19-29-23-30(21-20-28(29)22-25)31-15-9-17-34-35(31)32-14-7-8-16-33(32)41-34/h1-23H,24H2,(H2,38,39,40). The van der Waals surface area contributed by atoms with Gasteiger partial charge in [0.1, 0.15) is 17.0 Å². The van der Waals surface area contributed by atoms with E-state index in [0.29, 0.717) is 18.2 Å². The van der Waals surface area contributed by atoms with Gasteiger partial charge in [-0.15, -0.1) is 0 Å². The Morgan fingerprint density at radius 2 is 1.29 bits per heavy atom. The first-order valence-electron chi connectivity index (χ1n) is 13.7. The number of furan rings is 1. The van der Waals surface area contributed by atoms with Crippen LogP contribution in [0.2, 0.25) is 0 Å². The van der Waals surface area contributed by atoms with E-state index in [4.69, 9.17) is 20.1 Å². The maximum atomic E-state index is 6.36. The van der Waals surface area contributed by atoms with Gasteiger partial charge < -0.3 is 10.2 Å². The summed E-state index contributed by atoms with van der Waals surface area (Å²) in [5, 5.41) is 4.63. The molecule has 196 valence electrons. The van der Waals surface area contributed by atoms with Gasteiger partial charge in [0.15, 0.2) is 5.84 Å². The van der Waals surface area contributed by atoms with E-state index in [-0.39, 0.29) is 0 Å². The molecule has 1 aromatic heterocycles. The van der Waals surface area contributed by atoms with Gasteiger partial charge >= 0.3 is 0 Å². The highest BCUT2D eigenvalue weighted by atomic mass is 16.3. The van der Waals surface area contributed by atoms with Crippen molar-refractivity contribution < 1.29 is 4.42 Å². The molecule has 41 heavy (non-hydrogen) atoms. The lowest BCUT2D eigenvalue weighted by Gasteiger charge is -2.08. The van der Waals surface area contributed by atoms with Crippen LogP contribution in [-0.4, -0.2) is 11.7 Å². The van der Waals surface area contributed by atoms with Gasteiger partial charge in [0, 0.05) is 21.9 Å². The number of nitrogens with zero attached hydrogens (tertiary/aromatic N) is 2. The summed E-state index contributed by atoms with van der Waals surface area (Å²) in [5.41, 5.74) is 13.4. The van der Waals surface area contributed by atoms with Crippen LogP contribution in [0.15, 0.2) is 154 Å². The average molecular weight is 530 g/mol. The van der Waals surface area contributed by atoms with Gasteiger partial charge in [0.05, 0.1) is 6.54 Å². The zero-order valence-corrected chi connectivity index (χ0v) is 22.4. The molecule has 0 aliphatic heterocycles. The number of fused-ring (bicyclic) bond motifs is 4. The van der Waals surface area contributed by atoms with Gasteiger partial charge in [0.25, 0.3) is 0 Å². The van der Waals surface area contributed by atoms with Crippen LogP contribution in [0.5, 0.6) is 0 Å². The second-order valence-electron chi connectivity index (χ2n) is 10.0. The zero-order valence-electron chi connectivity index (χ0n) is 22.4. The number of para-hydroxylation sites is 1. The third kappa shape index (κ3) is 4.88. The summed E-state index contributed by atoms with van der Waals surface area (Å²) in [6, 6.07) is 47.3. The van der Waals surface area contributed by atoms with Crippen molar-refractivity contribution in [2.45, 2.75) is 6.54 Å². The van der Waals surface area contributed by atoms with E-state index in [9.17, 15) is 0 Å². The van der Waals surface area contributed by atoms with E-state index >= 15 is 0 Å². The Morgan fingerprint density at radius 1 is 0.610 bits per heavy atom. The quantitative estimate of drug-likeness (QED) is 0.179. The fourth-order valence-electron chi connectivity index (χ4n) is 5.31. The average Bonchev–Trinajstić information content (AvgIpc) is 3.42. The lowest BCUT2D eigenvalue weighted by Crippen LogP contribution is -2.16. The molecule has 2 N–H and O–H groups in total. The van der Waals surface area contributed by atoms with Crippen LogP contribution in [0.4, 0.5) is 0 Å². The monoisotopic (exact) mass is 529 g/mol. The van der Waals surface area contributed by atoms with Crippen molar-refractivity contribution in [3.8, 4) is 11.1 Å². The summed E-state index contributed by atoms with van der Waals surface area (Å²) in [5.74, 6) is 1.06. The molecule has 0 aliphatic rings. The minimum absolute atomic E-state index is 0.444. The van der Waals surface area contributed by atoms with Crippen molar-refractivity contribution in [1.29, 1.82) is 0 Å². The molecular formula is C37H27N3O. The molecule has 4 heteroatoms. The van der Waals surface area contributed by atoms with Gasteiger partial charge in [-0.2, -0.15) is 0 Å². The number of benzene rings is 6. The summed E-state index contributed by atoms with van der Waals surface area (Å²) >= 11 is 0. The Morgan fingerprint density at radius 3 is 2.12 bits per heavy atom. The Kier molecular flexibility index (Phi) is 6.34. The van der Waals surface area contributed by atoms with Crippen LogP contribution in [0, 0.1) is 0 Å². The molecule has 0 unspecified atom stereocenters. The third-order valence-electron chi connectivity index (χ3n) is 7.36. The first kappa shape index (κ1) is 24.6. The first-order chi connectivity index (χ1) is 20.2. The fraction of sp³-hybridized carbons (Fsp3) is 0.0270. The van der Waals surface area contributed by atoms with Crippen molar-refractivity contribution >= 4 is 44.4 Å². The SMILES string of the molecule is N/C(=N\C(=N/Cc1ccc2cc(-c3cccc4oc5ccccc5c34)ccc2c1)c1ccccc1)c1ccccc1. The maximum absolute atomic E-state index is 6.36. The Balaban J connectivity index is 1.22. The maximum Gasteiger partial charge on any atom is 0.157 e. The zero-order chi connectivity index (χ0) is 27.6. The fourth-order valence-corrected chi connectivity index (χ4v) is 5.31. The molecule has 7 rings (SSSR count). The van der Waals surface area contributed by atoms with Crippen molar-refractivity contribution in [2.24, 2.45) is 15.7 Å². The predicted molar refractivity (Wildman–Crippen MR) is 171 cm³/mol. The largest absolute Gasteiger partial charge is 0.456 e. The highest BCUT2D eigenvalue weighted by Gasteiger charge is 2.12. The molecule has 0 saturated carbocycles. The second kappa shape index (κ2) is 10.6. The molecule has 0 radical (unpaired) electrons. The number of rotatable bonds is 5. The normalized spacial score (nSPS) is 12.4. The summed E-state index contributed by atoms with van der Waals surface area (Å²) < 4.78 is 6.12. The van der Waals surface area contributed by atoms with Crippen LogP contribution >= 0.6 is 0 Å². The molecule has 0 spiro atoms. The summed E-state index contributed by atoms with van der Waals surface area (Å²) in [6.07, 6.45) is 0. The molecule has 6 aromatic carbocycles. The summed E-state index contributed by atoms with van der Waals surface area (Å²) in [6.45, 7) is 0.494. The minimum atomic E-state index is 0.444. The summed E-state index contributed by atoms with van der Waals surface area (Å²) in [4.78, 5) is 9.62. The van der Waals surface area contributed by atoms with Crippen LogP contribution in [0.25, 0.3) is 43.8 Å². The van der Waals surface area contributed by atoms with Crippen LogP contribution in [0.1, 0.15) is 16.7 Å². The Bertz CT molecular complexity index is 2070. The molecule has 0 fully saturated rings. The molecule has 1 heterocycles. The molecule has 4 nitrogen and oxygen atoms in total. The van der Waals surface area contributed by atoms with Gasteiger partial charge in [-0.1, -0.05) is 115 Å². The molecule has 7 aromatic rings. The molecule has 0 bridgehead atoms. The molecule has 0 amide bonds. The first-order valence-corrected chi connectivity index (χ1v) is 13.7. The van der Waals surface area contributed by atoms with Crippen LogP contribution in [0.3, 0.4) is 0 Å². The van der Waals surface area contributed by atoms with E-state index in [0.717, 1.165) is 44.2 Å². The summed E-state index contributed by atoms with van der Waals surface area (Å²) in [7, 11) is 0. The Labute approximate surface area is 238 Å². The number of aliphatic imine (C=N–C) groups is 2. The topological polar surface area (TPSA) is 63.9 Å². The smallest absolute Gasteiger partial charge is 0.157 e. The molecule has 0 atom stereocenters. The van der Waals surface area contributed by atoms with Gasteiger partial charge in [-0.05, 0) is 51.7 Å². The van der Waals surface area contributed by atoms with Gasteiger partial charge in [0.2, 0.25) is 0 Å². The van der Waals surface area contributed by atoms with Crippen molar-refractivity contribution in [2.75, 3.05) is 0 Å². The lowest BCUT2D eigenvalue weighted by molar-refractivity contribution is 0.669. The van der Waals surface area contributed by atoms with Crippen molar-refractivity contribution in [3.63, 3.8) is 0 Å². The van der Waals surface area contributed by atoms with E-state index in [2.05, 4.69) is 60.7 Å². The molecule has 0 aliphatic carbocycles. The number of hydrogen-bond acceptors (Lipinski definition) is 2. The van der Waals surface area contributed by atoms with Gasteiger partial charge in [-0.25, -0.2) is 4.99 Å². The van der Waals surface area contributed by atoms with Crippen molar-refractivity contribution in [3.05, 3.63) is 156 Å². The number of hydrogen-bond donors (Lipinski definition) is 1. The van der Waals surface area contributed by atoms with E-state index < -0.39 is 0 Å². The van der Waals surface area contributed by atoms with E-state index in [1.165, 1.54) is 16.3 Å². The highest BCUT2D eigenvalue weighted by Crippen LogP contribution is 2.37. The lowest BCUT2D eigenvalue weighted by atomic mass is 9.96. The number of amidine groups is 2. The van der Waals surface area contributed by atoms with Crippen LogP contribution in [-0.2, 0) is 6.54 Å². The highest BCUT2D eigenvalue weighted by molar-refractivity contribution is 6.13. The third-order valence-corrected chi connectivity index (χ3v) is 7.36. The molecular weight excluding hydrogens is 502 g/mol. The van der Waals surface area contributed by atoms with Crippen LogP contribution < -0.4 is 5.73 Å². The molecule has 0 saturated heterocycles. The predicted octanol–water partition coefficient (Wildman–Crippen LogP) is 8.76. The van der Waals surface area contributed by atoms with E-state index in [1.54, 1.807) is 0 Å². The van der Waals surface area contributed by atoms with E-state index in [1.807, 2.05) is 78.9 Å². The Hall–Kier alpha value is -5.48. The van der Waals surface area contributed by atoms with Crippen molar-refractivity contribution in [1.82, 2.24) is 0 Å². The minimum Gasteiger partial charge on any atom is -0.456 e. The van der Waals surface area contributed by atoms with Gasteiger partial charge in [-0.3, -0.25) is 4.99 Å². The number of nitrogens with two attached hydrogens (primary N) is 1.